The molecule has 4 rings (SSSR count). The maximum absolute atomic E-state index is 12.9. The number of carboxylic acid groups (broad SMARTS) is 1. The van der Waals surface area contributed by atoms with Crippen LogP contribution in [-0.2, 0) is 27.7 Å². The first-order valence-corrected chi connectivity index (χ1v) is 12.6. The first kappa shape index (κ1) is 22.5. The van der Waals surface area contributed by atoms with Crippen LogP contribution in [0.5, 0.6) is 0 Å². The molecule has 2 saturated carbocycles. The highest BCUT2D eigenvalue weighted by atomic mass is 32.2. The fraction of sp³-hybridized carbons (Fsp3) is 0.440. The lowest BCUT2D eigenvalue weighted by molar-refractivity contribution is -0.128. The summed E-state index contributed by atoms with van der Waals surface area (Å²) in [7, 11) is -3.66. The predicted molar refractivity (Wildman–Crippen MR) is 123 cm³/mol. The van der Waals surface area contributed by atoms with Gasteiger partial charge in [0.25, 0.3) is 0 Å². The van der Waals surface area contributed by atoms with Gasteiger partial charge < -0.3 is 5.11 Å². The van der Waals surface area contributed by atoms with E-state index in [-0.39, 0.29) is 28.4 Å². The van der Waals surface area contributed by atoms with E-state index >= 15 is 0 Å². The van der Waals surface area contributed by atoms with E-state index in [1.807, 2.05) is 38.1 Å². The fourth-order valence-electron chi connectivity index (χ4n) is 5.49. The Morgan fingerprint density at radius 2 is 1.59 bits per heavy atom. The van der Waals surface area contributed by atoms with Gasteiger partial charge in [-0.25, -0.2) is 13.2 Å². The molecule has 2 bridgehead atoms. The molecule has 2 aromatic rings. The van der Waals surface area contributed by atoms with E-state index in [0.29, 0.717) is 18.5 Å². The van der Waals surface area contributed by atoms with Crippen molar-refractivity contribution in [1.29, 1.82) is 0 Å². The first-order valence-electron chi connectivity index (χ1n) is 11.0. The second kappa shape index (κ2) is 8.03. The van der Waals surface area contributed by atoms with Gasteiger partial charge in [0.05, 0.1) is 16.7 Å². The minimum absolute atomic E-state index is 0.0934. The molecule has 0 radical (unpaired) electrons. The number of sulfonamides is 1. The molecule has 0 aromatic heterocycles. The molecule has 2 unspecified atom stereocenters. The van der Waals surface area contributed by atoms with E-state index in [2.05, 4.69) is 4.72 Å². The maximum Gasteiger partial charge on any atom is 0.335 e. The summed E-state index contributed by atoms with van der Waals surface area (Å²) in [5.74, 6) is -0.723. The molecule has 0 saturated heterocycles. The number of hydrogen-bond acceptors (Lipinski definition) is 4. The number of anilines is 1. The molecular weight excluding hydrogens is 426 g/mol. The summed E-state index contributed by atoms with van der Waals surface area (Å²) in [6.45, 7) is 4.07. The zero-order valence-corrected chi connectivity index (χ0v) is 19.2. The largest absolute Gasteiger partial charge is 0.478 e. The monoisotopic (exact) mass is 455 g/mol. The van der Waals surface area contributed by atoms with E-state index in [1.165, 1.54) is 0 Å². The third kappa shape index (κ3) is 4.06. The molecule has 2 aliphatic rings. The van der Waals surface area contributed by atoms with Crippen LogP contribution >= 0.6 is 0 Å². The van der Waals surface area contributed by atoms with Crippen LogP contribution in [0, 0.1) is 16.7 Å². The van der Waals surface area contributed by atoms with E-state index in [4.69, 9.17) is 5.11 Å². The van der Waals surface area contributed by atoms with Crippen LogP contribution in [0.15, 0.2) is 48.5 Å². The highest BCUT2D eigenvalue weighted by Gasteiger charge is 2.65. The lowest BCUT2D eigenvalue weighted by atomic mass is 9.70. The van der Waals surface area contributed by atoms with Crippen molar-refractivity contribution in [3.8, 4) is 0 Å². The number of carbonyl (C=O) groups is 2. The Balaban J connectivity index is 1.38. The van der Waals surface area contributed by atoms with Gasteiger partial charge in [0.15, 0.2) is 0 Å². The van der Waals surface area contributed by atoms with Crippen molar-refractivity contribution in [3.63, 3.8) is 0 Å². The van der Waals surface area contributed by atoms with Gasteiger partial charge in [0.2, 0.25) is 10.0 Å². The third-order valence-electron chi connectivity index (χ3n) is 7.71. The summed E-state index contributed by atoms with van der Waals surface area (Å²) in [5.41, 5.74) is 1.79. The zero-order valence-electron chi connectivity index (χ0n) is 18.4. The molecule has 6 nitrogen and oxygen atoms in total. The average molecular weight is 456 g/mol. The minimum Gasteiger partial charge on any atom is -0.478 e. The summed E-state index contributed by atoms with van der Waals surface area (Å²) in [5, 5.41) is 8.97. The second-order valence-electron chi connectivity index (χ2n) is 9.73. The van der Waals surface area contributed by atoms with Gasteiger partial charge in [-0.15, -0.1) is 0 Å². The normalized spacial score (nSPS) is 23.9. The summed E-state index contributed by atoms with van der Waals surface area (Å²) in [4.78, 5) is 23.6. The van der Waals surface area contributed by atoms with Crippen molar-refractivity contribution in [2.45, 2.75) is 46.0 Å². The number of aryl methyl sites for hydroxylation is 2. The van der Waals surface area contributed by atoms with Gasteiger partial charge in [-0.2, -0.15) is 0 Å². The quantitative estimate of drug-likeness (QED) is 0.618. The molecule has 0 aliphatic heterocycles. The van der Waals surface area contributed by atoms with Gasteiger partial charge in [0.1, 0.15) is 5.78 Å². The van der Waals surface area contributed by atoms with Crippen molar-refractivity contribution in [2.24, 2.45) is 16.7 Å². The molecule has 0 heterocycles. The van der Waals surface area contributed by atoms with E-state index < -0.39 is 21.4 Å². The number of aromatic carboxylic acids is 1. The summed E-state index contributed by atoms with van der Waals surface area (Å²) in [6, 6.07) is 14.1. The van der Waals surface area contributed by atoms with Crippen molar-refractivity contribution >= 4 is 27.5 Å². The number of rotatable bonds is 8. The Bertz CT molecular complexity index is 1140. The first-order chi connectivity index (χ1) is 15.0. The standard InChI is InChI=1S/C25H29NO5S/c1-24(2)20-13-14-25(24,22(27)15-20)16-32(30,31)26-21-11-7-18(8-12-21)4-3-17-5-9-19(10-6-17)23(28)29/h5-12,20,26H,3-4,13-16H2,1-2H3,(H,28,29). The Hall–Kier alpha value is -2.67. The van der Waals surface area contributed by atoms with Crippen molar-refractivity contribution in [1.82, 2.24) is 0 Å². The third-order valence-corrected chi connectivity index (χ3v) is 9.13. The zero-order chi connectivity index (χ0) is 23.1. The highest BCUT2D eigenvalue weighted by molar-refractivity contribution is 7.92. The summed E-state index contributed by atoms with van der Waals surface area (Å²) < 4.78 is 28.5. The molecule has 170 valence electrons. The highest BCUT2D eigenvalue weighted by Crippen LogP contribution is 2.64. The molecular formula is C25H29NO5S. The Labute approximate surface area is 189 Å². The smallest absolute Gasteiger partial charge is 0.335 e. The Morgan fingerprint density at radius 1 is 1.03 bits per heavy atom. The number of ketones is 1. The predicted octanol–water partition coefficient (Wildman–Crippen LogP) is 4.31. The van der Waals surface area contributed by atoms with E-state index in [9.17, 15) is 18.0 Å². The number of Topliss-reactive ketones (excluding diaryl/α,β-unsaturated/α-hetero) is 1. The van der Waals surface area contributed by atoms with Crippen LogP contribution in [-0.4, -0.2) is 31.0 Å². The van der Waals surface area contributed by atoms with Crippen molar-refractivity contribution < 1.29 is 23.1 Å². The van der Waals surface area contributed by atoms with Crippen molar-refractivity contribution in [2.75, 3.05) is 10.5 Å². The molecule has 2 fully saturated rings. The lowest BCUT2D eigenvalue weighted by Gasteiger charge is -2.36. The summed E-state index contributed by atoms with van der Waals surface area (Å²) >= 11 is 0. The number of nitrogens with one attached hydrogen (secondary N) is 1. The van der Waals surface area contributed by atoms with Crippen LogP contribution in [0.4, 0.5) is 5.69 Å². The Morgan fingerprint density at radius 3 is 2.06 bits per heavy atom. The maximum atomic E-state index is 12.9. The van der Waals surface area contributed by atoms with Crippen LogP contribution in [0.25, 0.3) is 0 Å². The number of carboxylic acids is 1. The van der Waals surface area contributed by atoms with Gasteiger partial charge in [-0.05, 0) is 72.4 Å². The number of fused-ring (bicyclic) bond motifs is 2. The van der Waals surface area contributed by atoms with Crippen LogP contribution in [0.2, 0.25) is 0 Å². The molecule has 2 atom stereocenters. The van der Waals surface area contributed by atoms with E-state index in [1.54, 1.807) is 24.3 Å². The van der Waals surface area contributed by atoms with Crippen LogP contribution in [0.3, 0.4) is 0 Å². The molecule has 0 spiro atoms. The van der Waals surface area contributed by atoms with E-state index in [0.717, 1.165) is 30.4 Å². The number of hydrogen-bond donors (Lipinski definition) is 2. The summed E-state index contributed by atoms with van der Waals surface area (Å²) in [6.07, 6.45) is 3.58. The van der Waals surface area contributed by atoms with Gasteiger partial charge in [-0.1, -0.05) is 38.1 Å². The minimum atomic E-state index is -3.66. The van der Waals surface area contributed by atoms with Crippen LogP contribution < -0.4 is 4.72 Å². The molecule has 0 amide bonds. The molecule has 2 aliphatic carbocycles. The topological polar surface area (TPSA) is 101 Å². The molecule has 7 heteroatoms. The van der Waals surface area contributed by atoms with Gasteiger partial charge >= 0.3 is 5.97 Å². The van der Waals surface area contributed by atoms with Crippen molar-refractivity contribution in [3.05, 3.63) is 65.2 Å². The van der Waals surface area contributed by atoms with Crippen LogP contribution in [0.1, 0.15) is 54.6 Å². The Kier molecular flexibility index (Phi) is 5.65. The number of benzene rings is 2. The van der Waals surface area contributed by atoms with Gasteiger partial charge in [0, 0.05) is 12.1 Å². The second-order valence-corrected chi connectivity index (χ2v) is 11.4. The average Bonchev–Trinajstić information content (AvgIpc) is 3.07. The SMILES string of the molecule is CC1(C)C2CCC1(CS(=O)(=O)Nc1ccc(CCc3ccc(C(=O)O)cc3)cc1)C(=O)C2. The molecule has 32 heavy (non-hydrogen) atoms. The van der Waals surface area contributed by atoms with Gasteiger partial charge in [-0.3, -0.25) is 9.52 Å². The molecule has 2 aromatic carbocycles. The lowest BCUT2D eigenvalue weighted by Crippen LogP contribution is -2.43. The fourth-order valence-corrected chi connectivity index (χ4v) is 7.38. The number of carbonyl (C=O) groups excluding carboxylic acids is 1. The molecule has 2 N–H and O–H groups in total.